The Labute approximate surface area is 117 Å². The standard InChI is InChI=1S/C12H17N5O2S/c1-9-8-13-6-7-17(9)20(18,19)11-5-3-4-10-12(11)15-16(2)14-10/h3-5,9,13H,6-8H2,1-2H3/t9-/m1/s1. The van der Waals surface area contributed by atoms with Crippen LogP contribution in [-0.4, -0.2) is 53.4 Å². The number of hydrogen-bond acceptors (Lipinski definition) is 5. The molecular weight excluding hydrogens is 278 g/mol. The smallest absolute Gasteiger partial charge is 0.245 e. The largest absolute Gasteiger partial charge is 0.314 e. The molecule has 3 rings (SSSR count). The fourth-order valence-corrected chi connectivity index (χ4v) is 4.30. The number of benzene rings is 1. The molecule has 0 spiro atoms. The van der Waals surface area contributed by atoms with Gasteiger partial charge in [-0.15, -0.1) is 0 Å². The van der Waals surface area contributed by atoms with Crippen LogP contribution in [0, 0.1) is 0 Å². The lowest BCUT2D eigenvalue weighted by Gasteiger charge is -2.32. The number of hydrogen-bond donors (Lipinski definition) is 1. The summed E-state index contributed by atoms with van der Waals surface area (Å²) < 4.78 is 27.2. The molecule has 1 fully saturated rings. The predicted molar refractivity (Wildman–Crippen MR) is 74.7 cm³/mol. The minimum atomic E-state index is -3.55. The number of fused-ring (bicyclic) bond motifs is 1. The fourth-order valence-electron chi connectivity index (χ4n) is 2.53. The Hall–Kier alpha value is -1.51. The van der Waals surface area contributed by atoms with Crippen LogP contribution in [0.4, 0.5) is 0 Å². The summed E-state index contributed by atoms with van der Waals surface area (Å²) in [5.74, 6) is 0. The lowest BCUT2D eigenvalue weighted by molar-refractivity contribution is 0.284. The van der Waals surface area contributed by atoms with Gasteiger partial charge >= 0.3 is 0 Å². The van der Waals surface area contributed by atoms with Crippen molar-refractivity contribution in [1.82, 2.24) is 24.6 Å². The first-order valence-corrected chi connectivity index (χ1v) is 7.97. The van der Waals surface area contributed by atoms with E-state index in [2.05, 4.69) is 15.5 Å². The first-order valence-electron chi connectivity index (χ1n) is 6.53. The molecule has 2 heterocycles. The number of piperazine rings is 1. The Kier molecular flexibility index (Phi) is 3.23. The van der Waals surface area contributed by atoms with E-state index in [1.807, 2.05) is 6.92 Å². The maximum atomic E-state index is 12.8. The van der Waals surface area contributed by atoms with Gasteiger partial charge in [-0.3, -0.25) is 0 Å². The Balaban J connectivity index is 2.13. The molecule has 2 aromatic rings. The average Bonchev–Trinajstić information content (AvgIpc) is 2.78. The summed E-state index contributed by atoms with van der Waals surface area (Å²) in [5.41, 5.74) is 1.03. The van der Waals surface area contributed by atoms with Crippen molar-refractivity contribution < 1.29 is 8.42 Å². The zero-order chi connectivity index (χ0) is 14.3. The third-order valence-corrected chi connectivity index (χ3v) is 5.55. The van der Waals surface area contributed by atoms with Crippen LogP contribution >= 0.6 is 0 Å². The van der Waals surface area contributed by atoms with Gasteiger partial charge < -0.3 is 5.32 Å². The number of nitrogens with one attached hydrogen (secondary N) is 1. The third-order valence-electron chi connectivity index (χ3n) is 3.50. The van der Waals surface area contributed by atoms with Crippen molar-refractivity contribution in [2.24, 2.45) is 7.05 Å². The molecule has 108 valence electrons. The second kappa shape index (κ2) is 4.80. The van der Waals surface area contributed by atoms with Gasteiger partial charge in [-0.2, -0.15) is 19.3 Å². The molecule has 1 N–H and O–H groups in total. The number of sulfonamides is 1. The topological polar surface area (TPSA) is 80.1 Å². The van der Waals surface area contributed by atoms with E-state index in [0.717, 1.165) is 0 Å². The van der Waals surface area contributed by atoms with Crippen molar-refractivity contribution in [3.05, 3.63) is 18.2 Å². The van der Waals surface area contributed by atoms with Crippen LogP contribution in [0.2, 0.25) is 0 Å². The highest BCUT2D eigenvalue weighted by Crippen LogP contribution is 2.25. The second-order valence-electron chi connectivity index (χ2n) is 4.98. The van der Waals surface area contributed by atoms with Gasteiger partial charge in [-0.25, -0.2) is 8.42 Å². The number of aromatic nitrogens is 3. The molecule has 1 aliphatic rings. The van der Waals surface area contributed by atoms with Crippen LogP contribution < -0.4 is 5.32 Å². The minimum absolute atomic E-state index is 0.0688. The Morgan fingerprint density at radius 1 is 1.35 bits per heavy atom. The van der Waals surface area contributed by atoms with Crippen LogP contribution in [0.3, 0.4) is 0 Å². The Morgan fingerprint density at radius 2 is 2.15 bits per heavy atom. The van der Waals surface area contributed by atoms with Gasteiger partial charge in [0.25, 0.3) is 0 Å². The molecule has 20 heavy (non-hydrogen) atoms. The lowest BCUT2D eigenvalue weighted by Crippen LogP contribution is -2.52. The van der Waals surface area contributed by atoms with E-state index in [9.17, 15) is 8.42 Å². The van der Waals surface area contributed by atoms with E-state index in [1.165, 1.54) is 9.10 Å². The van der Waals surface area contributed by atoms with Gasteiger partial charge in [0.1, 0.15) is 15.9 Å². The summed E-state index contributed by atoms with van der Waals surface area (Å²) in [7, 11) is -1.86. The molecule has 0 bridgehead atoms. The molecule has 8 heteroatoms. The highest BCUT2D eigenvalue weighted by Gasteiger charge is 2.32. The molecular formula is C12H17N5O2S. The van der Waals surface area contributed by atoms with Crippen LogP contribution in [0.5, 0.6) is 0 Å². The highest BCUT2D eigenvalue weighted by atomic mass is 32.2. The zero-order valence-electron chi connectivity index (χ0n) is 11.4. The summed E-state index contributed by atoms with van der Waals surface area (Å²) >= 11 is 0. The Bertz CT molecular complexity index is 739. The molecule has 0 amide bonds. The van der Waals surface area contributed by atoms with Crippen LogP contribution in [0.25, 0.3) is 11.0 Å². The van der Waals surface area contributed by atoms with Crippen molar-refractivity contribution in [2.75, 3.05) is 19.6 Å². The first-order chi connectivity index (χ1) is 9.50. The zero-order valence-corrected chi connectivity index (χ0v) is 12.3. The van der Waals surface area contributed by atoms with Crippen molar-refractivity contribution in [3.63, 3.8) is 0 Å². The minimum Gasteiger partial charge on any atom is -0.314 e. The normalized spacial score (nSPS) is 21.4. The second-order valence-corrected chi connectivity index (χ2v) is 6.84. The highest BCUT2D eigenvalue weighted by molar-refractivity contribution is 7.89. The SMILES string of the molecule is C[C@@H]1CNCCN1S(=O)(=O)c1cccc2nn(C)nc12. The molecule has 0 radical (unpaired) electrons. The number of nitrogens with zero attached hydrogens (tertiary/aromatic N) is 4. The van der Waals surface area contributed by atoms with Crippen molar-refractivity contribution >= 4 is 21.1 Å². The average molecular weight is 295 g/mol. The molecule has 1 aromatic carbocycles. The van der Waals surface area contributed by atoms with Crippen molar-refractivity contribution in [3.8, 4) is 0 Å². The maximum absolute atomic E-state index is 12.8. The van der Waals surface area contributed by atoms with Gasteiger partial charge in [-0.05, 0) is 19.1 Å². The van der Waals surface area contributed by atoms with Crippen molar-refractivity contribution in [1.29, 1.82) is 0 Å². The lowest BCUT2D eigenvalue weighted by atomic mass is 10.3. The van der Waals surface area contributed by atoms with E-state index in [1.54, 1.807) is 25.2 Å². The molecule has 1 aromatic heterocycles. The predicted octanol–water partition coefficient (Wildman–Crippen LogP) is -0.0493. The third kappa shape index (κ3) is 2.09. The van der Waals surface area contributed by atoms with Gasteiger partial charge in [0.05, 0.1) is 0 Å². The van der Waals surface area contributed by atoms with Gasteiger partial charge in [-0.1, -0.05) is 6.07 Å². The van der Waals surface area contributed by atoms with Gasteiger partial charge in [0.2, 0.25) is 10.0 Å². The Morgan fingerprint density at radius 3 is 2.90 bits per heavy atom. The molecule has 7 nitrogen and oxygen atoms in total. The van der Waals surface area contributed by atoms with E-state index >= 15 is 0 Å². The quantitative estimate of drug-likeness (QED) is 0.840. The fraction of sp³-hybridized carbons (Fsp3) is 0.500. The summed E-state index contributed by atoms with van der Waals surface area (Å²) in [4.78, 5) is 1.63. The molecule has 1 atom stereocenters. The summed E-state index contributed by atoms with van der Waals surface area (Å²) in [6.07, 6.45) is 0. The number of aryl methyl sites for hydroxylation is 1. The monoisotopic (exact) mass is 295 g/mol. The van der Waals surface area contributed by atoms with Gasteiger partial charge in [0.15, 0.2) is 0 Å². The number of rotatable bonds is 2. The van der Waals surface area contributed by atoms with Crippen LogP contribution in [0.15, 0.2) is 23.1 Å². The van der Waals surface area contributed by atoms with E-state index in [4.69, 9.17) is 0 Å². The molecule has 1 aliphatic heterocycles. The van der Waals surface area contributed by atoms with Crippen LogP contribution in [-0.2, 0) is 17.1 Å². The molecule has 0 aliphatic carbocycles. The summed E-state index contributed by atoms with van der Waals surface area (Å²) in [5, 5.41) is 11.5. The molecule has 0 unspecified atom stereocenters. The summed E-state index contributed by atoms with van der Waals surface area (Å²) in [6.45, 7) is 3.70. The van der Waals surface area contributed by atoms with Gasteiger partial charge in [0, 0.05) is 32.7 Å². The molecule has 0 saturated carbocycles. The van der Waals surface area contributed by atoms with E-state index in [0.29, 0.717) is 30.7 Å². The summed E-state index contributed by atoms with van der Waals surface area (Å²) in [6, 6.07) is 5.00. The van der Waals surface area contributed by atoms with Crippen LogP contribution in [0.1, 0.15) is 6.92 Å². The van der Waals surface area contributed by atoms with Crippen molar-refractivity contribution in [2.45, 2.75) is 17.9 Å². The maximum Gasteiger partial charge on any atom is 0.245 e. The molecule has 1 saturated heterocycles. The first kappa shape index (κ1) is 13.5. The van der Waals surface area contributed by atoms with E-state index < -0.39 is 10.0 Å². The van der Waals surface area contributed by atoms with E-state index in [-0.39, 0.29) is 10.9 Å².